The Balaban J connectivity index is 1.90. The quantitative estimate of drug-likeness (QED) is 0.704. The van der Waals surface area contributed by atoms with Crippen molar-refractivity contribution >= 4 is 44.3 Å². The van der Waals surface area contributed by atoms with E-state index in [0.29, 0.717) is 23.2 Å². The third kappa shape index (κ3) is 4.67. The Labute approximate surface area is 167 Å². The number of amidine groups is 1. The Hall–Kier alpha value is -2.07. The summed E-state index contributed by atoms with van der Waals surface area (Å²) >= 11 is 1.29. The molecule has 2 heterocycles. The normalized spacial score (nSPS) is 24.3. The van der Waals surface area contributed by atoms with E-state index in [4.69, 9.17) is 9.84 Å². The molecule has 2 saturated heterocycles. The van der Waals surface area contributed by atoms with E-state index in [1.54, 1.807) is 11.0 Å². The second kappa shape index (κ2) is 8.52. The molecule has 0 aromatic heterocycles. The van der Waals surface area contributed by atoms with Crippen LogP contribution >= 0.6 is 11.8 Å². The molecule has 2 aliphatic rings. The zero-order chi connectivity index (χ0) is 20.3. The van der Waals surface area contributed by atoms with E-state index in [-0.39, 0.29) is 42.1 Å². The van der Waals surface area contributed by atoms with E-state index in [1.807, 2.05) is 25.1 Å². The number of carboxylic acid groups (broad SMARTS) is 1. The van der Waals surface area contributed by atoms with Crippen LogP contribution in [0, 0.1) is 0 Å². The van der Waals surface area contributed by atoms with Gasteiger partial charge in [-0.15, -0.1) is 0 Å². The Morgan fingerprint density at radius 3 is 2.75 bits per heavy atom. The minimum absolute atomic E-state index is 0.00263. The number of aliphatic carboxylic acids is 1. The number of anilines is 1. The first kappa shape index (κ1) is 20.7. The number of fused-ring (bicyclic) bond motifs is 1. The summed E-state index contributed by atoms with van der Waals surface area (Å²) in [6.45, 7) is 2.31. The van der Waals surface area contributed by atoms with Gasteiger partial charge in [-0.2, -0.15) is 4.99 Å². The second-order valence-corrected chi connectivity index (χ2v) is 9.97. The fourth-order valence-corrected chi connectivity index (χ4v) is 7.26. The minimum atomic E-state index is -3.16. The molecule has 1 amide bonds. The maximum atomic E-state index is 12.2. The molecule has 0 unspecified atom stereocenters. The molecule has 10 heteroatoms. The number of hydrogen-bond acceptors (Lipinski definition) is 6. The van der Waals surface area contributed by atoms with E-state index in [2.05, 4.69) is 4.99 Å². The lowest BCUT2D eigenvalue weighted by atomic mass is 10.2. The van der Waals surface area contributed by atoms with Crippen LogP contribution in [0.5, 0.6) is 5.75 Å². The standard InChI is InChI=1S/C18H22N2O6S2/c1-2-26-14-7-4-3-6-12(14)20-13-10-28(24,25)11-15(13)27-18(20)19-16(21)8-5-9-17(22)23/h3-4,6-7,13,15H,2,5,8-11H2,1H3,(H,22,23)/t13-,15-/m0/s1. The fraction of sp³-hybridized carbons (Fsp3) is 0.500. The number of carbonyl (C=O) groups excluding carboxylic acids is 1. The lowest BCUT2D eigenvalue weighted by Crippen LogP contribution is -2.38. The number of thioether (sulfide) groups is 1. The number of nitrogens with zero attached hydrogens (tertiary/aromatic N) is 2. The molecule has 1 aromatic carbocycles. The lowest BCUT2D eigenvalue weighted by molar-refractivity contribution is -0.137. The summed E-state index contributed by atoms with van der Waals surface area (Å²) in [5.74, 6) is -0.728. The Morgan fingerprint density at radius 1 is 1.29 bits per heavy atom. The van der Waals surface area contributed by atoms with Gasteiger partial charge in [0.05, 0.1) is 29.8 Å². The van der Waals surface area contributed by atoms with Gasteiger partial charge < -0.3 is 14.7 Å². The van der Waals surface area contributed by atoms with Crippen molar-refractivity contribution in [2.75, 3.05) is 23.0 Å². The van der Waals surface area contributed by atoms with Crippen molar-refractivity contribution in [1.82, 2.24) is 0 Å². The van der Waals surface area contributed by atoms with Gasteiger partial charge in [0.25, 0.3) is 0 Å². The van der Waals surface area contributed by atoms with Gasteiger partial charge in [-0.05, 0) is 25.5 Å². The molecule has 28 heavy (non-hydrogen) atoms. The molecular formula is C18H22N2O6S2. The maximum absolute atomic E-state index is 12.2. The average Bonchev–Trinajstić information content (AvgIpc) is 3.06. The molecule has 3 rings (SSSR count). The van der Waals surface area contributed by atoms with Crippen molar-refractivity contribution < 1.29 is 27.9 Å². The molecule has 0 saturated carbocycles. The summed E-state index contributed by atoms with van der Waals surface area (Å²) in [4.78, 5) is 28.8. The highest BCUT2D eigenvalue weighted by molar-refractivity contribution is 8.16. The van der Waals surface area contributed by atoms with Gasteiger partial charge in [-0.25, -0.2) is 8.42 Å². The van der Waals surface area contributed by atoms with E-state index in [1.165, 1.54) is 11.8 Å². The smallest absolute Gasteiger partial charge is 0.303 e. The molecule has 1 aromatic rings. The zero-order valence-electron chi connectivity index (χ0n) is 15.4. The molecule has 152 valence electrons. The maximum Gasteiger partial charge on any atom is 0.303 e. The van der Waals surface area contributed by atoms with Crippen molar-refractivity contribution in [2.45, 2.75) is 37.5 Å². The van der Waals surface area contributed by atoms with Crippen LogP contribution < -0.4 is 9.64 Å². The van der Waals surface area contributed by atoms with Crippen LogP contribution in [0.1, 0.15) is 26.2 Å². The van der Waals surface area contributed by atoms with Gasteiger partial charge in [0, 0.05) is 18.1 Å². The topological polar surface area (TPSA) is 113 Å². The molecule has 0 bridgehead atoms. The van der Waals surface area contributed by atoms with Crippen molar-refractivity contribution in [1.29, 1.82) is 0 Å². The van der Waals surface area contributed by atoms with Crippen molar-refractivity contribution in [2.24, 2.45) is 4.99 Å². The number of carboxylic acids is 1. The first-order valence-electron chi connectivity index (χ1n) is 9.02. The van der Waals surface area contributed by atoms with Gasteiger partial charge in [0.2, 0.25) is 5.91 Å². The van der Waals surface area contributed by atoms with E-state index >= 15 is 0 Å². The monoisotopic (exact) mass is 426 g/mol. The van der Waals surface area contributed by atoms with Crippen LogP contribution in [-0.4, -0.2) is 60.0 Å². The van der Waals surface area contributed by atoms with Gasteiger partial charge in [0.1, 0.15) is 5.75 Å². The van der Waals surface area contributed by atoms with E-state index in [0.717, 1.165) is 0 Å². The Morgan fingerprint density at radius 2 is 2.04 bits per heavy atom. The van der Waals surface area contributed by atoms with Crippen LogP contribution in [0.15, 0.2) is 29.3 Å². The Kier molecular flexibility index (Phi) is 6.29. The van der Waals surface area contributed by atoms with Gasteiger partial charge in [0.15, 0.2) is 15.0 Å². The highest BCUT2D eigenvalue weighted by Gasteiger charge is 2.50. The first-order valence-corrected chi connectivity index (χ1v) is 11.7. The van der Waals surface area contributed by atoms with Crippen molar-refractivity contribution in [3.8, 4) is 5.75 Å². The molecule has 1 N–H and O–H groups in total. The third-order valence-corrected chi connectivity index (χ3v) is 7.70. The van der Waals surface area contributed by atoms with Gasteiger partial charge in [-0.3, -0.25) is 9.59 Å². The first-order chi connectivity index (χ1) is 13.3. The molecule has 2 aliphatic heterocycles. The average molecular weight is 427 g/mol. The summed E-state index contributed by atoms with van der Waals surface area (Å²) in [5, 5.41) is 8.95. The summed E-state index contributed by atoms with van der Waals surface area (Å²) < 4.78 is 30.0. The number of rotatable bonds is 7. The SMILES string of the molecule is CCOc1ccccc1N1C(=NC(=O)CCCC(=O)O)S[C@H]2CS(=O)(=O)C[C@@H]21. The van der Waals surface area contributed by atoms with Crippen LogP contribution in [0.2, 0.25) is 0 Å². The molecule has 2 atom stereocenters. The number of ether oxygens (including phenoxy) is 1. The number of benzene rings is 1. The van der Waals surface area contributed by atoms with Crippen LogP contribution in [0.3, 0.4) is 0 Å². The van der Waals surface area contributed by atoms with Gasteiger partial charge in [-0.1, -0.05) is 23.9 Å². The summed E-state index contributed by atoms with van der Waals surface area (Å²) in [6, 6.07) is 6.96. The third-order valence-electron chi connectivity index (χ3n) is 4.49. The highest BCUT2D eigenvalue weighted by atomic mass is 32.2. The predicted octanol–water partition coefficient (Wildman–Crippen LogP) is 1.94. The number of sulfone groups is 1. The molecule has 0 spiro atoms. The summed E-state index contributed by atoms with van der Waals surface area (Å²) in [7, 11) is -3.16. The largest absolute Gasteiger partial charge is 0.492 e. The molecule has 2 fully saturated rings. The van der Waals surface area contributed by atoms with E-state index < -0.39 is 21.7 Å². The molecule has 8 nitrogen and oxygen atoms in total. The van der Waals surface area contributed by atoms with E-state index in [9.17, 15) is 18.0 Å². The molecular weight excluding hydrogens is 404 g/mol. The number of aliphatic imine (C=N–C) groups is 1. The predicted molar refractivity (Wildman–Crippen MR) is 108 cm³/mol. The minimum Gasteiger partial charge on any atom is -0.492 e. The van der Waals surface area contributed by atoms with Crippen LogP contribution in [0.25, 0.3) is 0 Å². The fourth-order valence-electron chi connectivity index (χ4n) is 3.33. The highest BCUT2D eigenvalue weighted by Crippen LogP contribution is 2.43. The van der Waals surface area contributed by atoms with Gasteiger partial charge >= 0.3 is 5.97 Å². The summed E-state index contributed by atoms with van der Waals surface area (Å²) in [5.41, 5.74) is 0.679. The lowest BCUT2D eigenvalue weighted by Gasteiger charge is -2.26. The number of amides is 1. The van der Waals surface area contributed by atoms with Crippen LogP contribution in [0.4, 0.5) is 5.69 Å². The van der Waals surface area contributed by atoms with Crippen molar-refractivity contribution in [3.05, 3.63) is 24.3 Å². The molecule has 0 radical (unpaired) electrons. The number of hydrogen-bond donors (Lipinski definition) is 1. The second-order valence-electron chi connectivity index (χ2n) is 6.61. The van der Waals surface area contributed by atoms with Crippen LogP contribution in [-0.2, 0) is 19.4 Å². The molecule has 0 aliphatic carbocycles. The Bertz CT molecular complexity index is 899. The number of para-hydroxylation sites is 2. The zero-order valence-corrected chi connectivity index (χ0v) is 17.0. The summed E-state index contributed by atoms with van der Waals surface area (Å²) in [6.07, 6.45) is 0.154. The van der Waals surface area contributed by atoms with Crippen molar-refractivity contribution in [3.63, 3.8) is 0 Å². The number of carbonyl (C=O) groups is 2.